The minimum atomic E-state index is 0.506. The molecule has 0 aliphatic carbocycles. The summed E-state index contributed by atoms with van der Waals surface area (Å²) in [6.45, 7) is 1.64. The van der Waals surface area contributed by atoms with Gasteiger partial charge in [0.15, 0.2) is 11.5 Å². The van der Waals surface area contributed by atoms with E-state index in [1.807, 2.05) is 12.1 Å². The highest BCUT2D eigenvalue weighted by Gasteiger charge is 2.19. The van der Waals surface area contributed by atoms with Gasteiger partial charge in [-0.25, -0.2) is 0 Å². The van der Waals surface area contributed by atoms with Crippen molar-refractivity contribution in [2.45, 2.75) is 6.54 Å². The fraction of sp³-hybridized carbons (Fsp3) is 0.455. The second kappa shape index (κ2) is 5.05. The molecule has 1 N–H and O–H groups in total. The molecular formula is C11H15NO4. The van der Waals surface area contributed by atoms with Crippen LogP contribution in [0.25, 0.3) is 0 Å². The monoisotopic (exact) mass is 225 g/mol. The zero-order valence-electron chi connectivity index (χ0n) is 9.41. The lowest BCUT2D eigenvalue weighted by molar-refractivity contribution is 0.0841. The predicted molar refractivity (Wildman–Crippen MR) is 57.8 cm³/mol. The van der Waals surface area contributed by atoms with E-state index in [9.17, 15) is 0 Å². The zero-order valence-corrected chi connectivity index (χ0v) is 9.41. The van der Waals surface area contributed by atoms with Crippen LogP contribution in [-0.4, -0.2) is 27.4 Å². The van der Waals surface area contributed by atoms with E-state index >= 15 is 0 Å². The Morgan fingerprint density at radius 2 is 2.06 bits per heavy atom. The van der Waals surface area contributed by atoms with Crippen molar-refractivity contribution in [3.05, 3.63) is 17.7 Å². The van der Waals surface area contributed by atoms with Crippen LogP contribution in [0.2, 0.25) is 0 Å². The van der Waals surface area contributed by atoms with Gasteiger partial charge in [-0.2, -0.15) is 5.48 Å². The first-order valence-electron chi connectivity index (χ1n) is 5.08. The van der Waals surface area contributed by atoms with E-state index in [-0.39, 0.29) is 0 Å². The summed E-state index contributed by atoms with van der Waals surface area (Å²) in [4.78, 5) is 4.83. The van der Waals surface area contributed by atoms with E-state index in [4.69, 9.17) is 19.0 Å². The van der Waals surface area contributed by atoms with E-state index < -0.39 is 0 Å². The Hall–Kier alpha value is -1.46. The number of fused-ring (bicyclic) bond motifs is 1. The van der Waals surface area contributed by atoms with Gasteiger partial charge in [0, 0.05) is 0 Å². The van der Waals surface area contributed by atoms with Crippen LogP contribution in [-0.2, 0) is 11.4 Å². The second-order valence-corrected chi connectivity index (χ2v) is 3.30. The molecular weight excluding hydrogens is 210 g/mol. The molecule has 1 aliphatic rings. The molecule has 16 heavy (non-hydrogen) atoms. The Labute approximate surface area is 94.2 Å². The van der Waals surface area contributed by atoms with Gasteiger partial charge in [0.1, 0.15) is 19.0 Å². The van der Waals surface area contributed by atoms with Crippen molar-refractivity contribution in [1.29, 1.82) is 0 Å². The van der Waals surface area contributed by atoms with Crippen LogP contribution in [0.4, 0.5) is 0 Å². The SMILES string of the molecule is CONCc1c(OC)ccc2c1OCCO2. The van der Waals surface area contributed by atoms with E-state index in [0.717, 1.165) is 22.8 Å². The van der Waals surface area contributed by atoms with Crippen molar-refractivity contribution >= 4 is 0 Å². The van der Waals surface area contributed by atoms with Crippen molar-refractivity contribution < 1.29 is 19.0 Å². The lowest BCUT2D eigenvalue weighted by atomic mass is 10.1. The van der Waals surface area contributed by atoms with Gasteiger partial charge in [-0.15, -0.1) is 0 Å². The summed E-state index contributed by atoms with van der Waals surface area (Å²) in [6.07, 6.45) is 0. The van der Waals surface area contributed by atoms with Crippen LogP contribution in [0.15, 0.2) is 12.1 Å². The van der Waals surface area contributed by atoms with Gasteiger partial charge >= 0.3 is 0 Å². The van der Waals surface area contributed by atoms with Gasteiger partial charge < -0.3 is 19.0 Å². The molecule has 0 amide bonds. The first-order valence-corrected chi connectivity index (χ1v) is 5.08. The van der Waals surface area contributed by atoms with Crippen molar-refractivity contribution in [3.8, 4) is 17.2 Å². The molecule has 0 unspecified atom stereocenters. The molecule has 1 aromatic carbocycles. The number of nitrogens with one attached hydrogen (secondary N) is 1. The minimum absolute atomic E-state index is 0.506. The molecule has 0 saturated carbocycles. The summed E-state index contributed by atoms with van der Waals surface area (Å²) in [5, 5.41) is 0. The van der Waals surface area contributed by atoms with E-state index in [1.54, 1.807) is 14.2 Å². The molecule has 2 rings (SSSR count). The summed E-state index contributed by atoms with van der Waals surface area (Å²) < 4.78 is 16.4. The summed E-state index contributed by atoms with van der Waals surface area (Å²) >= 11 is 0. The molecule has 0 spiro atoms. The highest BCUT2D eigenvalue weighted by Crippen LogP contribution is 2.39. The summed E-state index contributed by atoms with van der Waals surface area (Å²) in [5.41, 5.74) is 3.68. The first-order chi connectivity index (χ1) is 7.86. The smallest absolute Gasteiger partial charge is 0.169 e. The molecule has 1 heterocycles. The third-order valence-electron chi connectivity index (χ3n) is 2.38. The average Bonchev–Trinajstić information content (AvgIpc) is 2.35. The normalized spacial score (nSPS) is 13.6. The Kier molecular flexibility index (Phi) is 3.48. The molecule has 0 bridgehead atoms. The predicted octanol–water partition coefficient (Wildman–Crippen LogP) is 1.12. The van der Waals surface area contributed by atoms with Gasteiger partial charge in [0.2, 0.25) is 0 Å². The maximum absolute atomic E-state index is 5.59. The number of benzene rings is 1. The number of hydroxylamine groups is 1. The number of rotatable bonds is 4. The van der Waals surface area contributed by atoms with Crippen molar-refractivity contribution in [2.24, 2.45) is 0 Å². The maximum Gasteiger partial charge on any atom is 0.169 e. The maximum atomic E-state index is 5.59. The molecule has 0 radical (unpaired) electrons. The number of ether oxygens (including phenoxy) is 3. The fourth-order valence-electron chi connectivity index (χ4n) is 1.66. The number of hydrogen-bond donors (Lipinski definition) is 1. The van der Waals surface area contributed by atoms with Crippen LogP contribution in [0.1, 0.15) is 5.56 Å². The van der Waals surface area contributed by atoms with Crippen molar-refractivity contribution in [2.75, 3.05) is 27.4 Å². The Balaban J connectivity index is 2.35. The Morgan fingerprint density at radius 1 is 1.25 bits per heavy atom. The second-order valence-electron chi connectivity index (χ2n) is 3.30. The number of hydrogen-bond acceptors (Lipinski definition) is 5. The molecule has 5 nitrogen and oxygen atoms in total. The molecule has 0 fully saturated rings. The van der Waals surface area contributed by atoms with Crippen LogP contribution in [0.5, 0.6) is 17.2 Å². The fourth-order valence-corrected chi connectivity index (χ4v) is 1.66. The Morgan fingerprint density at radius 3 is 2.81 bits per heavy atom. The largest absolute Gasteiger partial charge is 0.496 e. The molecule has 0 aromatic heterocycles. The highest BCUT2D eigenvalue weighted by atomic mass is 16.6. The van der Waals surface area contributed by atoms with Crippen LogP contribution in [0.3, 0.4) is 0 Å². The standard InChI is InChI=1S/C11H15NO4/c1-13-9-3-4-10-11(16-6-5-15-10)8(9)7-12-14-2/h3-4,12H,5-7H2,1-2H3. The van der Waals surface area contributed by atoms with E-state index in [2.05, 4.69) is 5.48 Å². The van der Waals surface area contributed by atoms with Crippen molar-refractivity contribution in [3.63, 3.8) is 0 Å². The van der Waals surface area contributed by atoms with Crippen LogP contribution >= 0.6 is 0 Å². The summed E-state index contributed by atoms with van der Waals surface area (Å²) in [6, 6.07) is 3.71. The third kappa shape index (κ3) is 2.05. The van der Waals surface area contributed by atoms with Gasteiger partial charge in [-0.1, -0.05) is 0 Å². The average molecular weight is 225 g/mol. The van der Waals surface area contributed by atoms with Gasteiger partial charge in [0.25, 0.3) is 0 Å². The first kappa shape index (κ1) is 11.0. The summed E-state index contributed by atoms with van der Waals surface area (Å²) in [5.74, 6) is 2.24. The van der Waals surface area contributed by atoms with Crippen LogP contribution in [0, 0.1) is 0 Å². The molecule has 1 aliphatic heterocycles. The molecule has 0 atom stereocenters. The molecule has 5 heteroatoms. The van der Waals surface area contributed by atoms with Gasteiger partial charge in [0.05, 0.1) is 26.3 Å². The van der Waals surface area contributed by atoms with Gasteiger partial charge in [-0.05, 0) is 12.1 Å². The van der Waals surface area contributed by atoms with Crippen LogP contribution < -0.4 is 19.7 Å². The quantitative estimate of drug-likeness (QED) is 0.778. The van der Waals surface area contributed by atoms with Gasteiger partial charge in [-0.3, -0.25) is 0 Å². The molecule has 88 valence electrons. The molecule has 1 aromatic rings. The Bertz CT molecular complexity index is 367. The molecule has 0 saturated heterocycles. The third-order valence-corrected chi connectivity index (χ3v) is 2.38. The zero-order chi connectivity index (χ0) is 11.4. The lowest BCUT2D eigenvalue weighted by Gasteiger charge is -2.22. The van der Waals surface area contributed by atoms with E-state index in [1.165, 1.54) is 0 Å². The number of methoxy groups -OCH3 is 1. The lowest BCUT2D eigenvalue weighted by Crippen LogP contribution is -2.19. The minimum Gasteiger partial charge on any atom is -0.496 e. The van der Waals surface area contributed by atoms with Crippen molar-refractivity contribution in [1.82, 2.24) is 5.48 Å². The van der Waals surface area contributed by atoms with E-state index in [0.29, 0.717) is 19.8 Å². The topological polar surface area (TPSA) is 49.0 Å². The summed E-state index contributed by atoms with van der Waals surface area (Å²) in [7, 11) is 3.20. The highest BCUT2D eigenvalue weighted by molar-refractivity contribution is 5.54.